The van der Waals surface area contributed by atoms with Crippen molar-refractivity contribution < 1.29 is 14.3 Å². The maximum absolute atomic E-state index is 11.4. The number of nitrogens with one attached hydrogen (secondary N) is 1. The van der Waals surface area contributed by atoms with Crippen LogP contribution in [0.4, 0.5) is 0 Å². The van der Waals surface area contributed by atoms with Crippen molar-refractivity contribution in [2.24, 2.45) is 0 Å². The molecule has 0 saturated heterocycles. The molecule has 0 aliphatic carbocycles. The Kier molecular flexibility index (Phi) is 6.14. The van der Waals surface area contributed by atoms with Crippen LogP contribution in [0.1, 0.15) is 0 Å². The summed E-state index contributed by atoms with van der Waals surface area (Å²) >= 11 is 1.45. The van der Waals surface area contributed by atoms with Crippen LogP contribution in [0.3, 0.4) is 0 Å². The minimum Gasteiger partial charge on any atom is -0.493 e. The normalized spacial score (nSPS) is 9.67. The van der Waals surface area contributed by atoms with Gasteiger partial charge in [0.1, 0.15) is 0 Å². The van der Waals surface area contributed by atoms with Gasteiger partial charge in [0.25, 0.3) is 0 Å². The number of hydrogen-bond acceptors (Lipinski definition) is 4. The van der Waals surface area contributed by atoms with Gasteiger partial charge in [-0.3, -0.25) is 4.79 Å². The van der Waals surface area contributed by atoms with Gasteiger partial charge >= 0.3 is 0 Å². The predicted molar refractivity (Wildman–Crippen MR) is 73.5 cm³/mol. The van der Waals surface area contributed by atoms with Crippen molar-refractivity contribution >= 4 is 17.7 Å². The first-order valence-electron chi connectivity index (χ1n) is 5.43. The molecule has 0 bridgehead atoms. The van der Waals surface area contributed by atoms with Crippen LogP contribution in [-0.2, 0) is 4.79 Å². The number of benzene rings is 1. The van der Waals surface area contributed by atoms with Gasteiger partial charge in [0.05, 0.1) is 20.0 Å². The minimum atomic E-state index is -0.0188. The van der Waals surface area contributed by atoms with Crippen LogP contribution in [0.15, 0.2) is 35.7 Å². The summed E-state index contributed by atoms with van der Waals surface area (Å²) in [5.41, 5.74) is 0. The van der Waals surface area contributed by atoms with E-state index in [2.05, 4.69) is 11.9 Å². The van der Waals surface area contributed by atoms with Gasteiger partial charge in [0, 0.05) is 11.4 Å². The second-order valence-electron chi connectivity index (χ2n) is 3.40. The lowest BCUT2D eigenvalue weighted by molar-refractivity contribution is -0.118. The molecule has 5 heteroatoms. The third-order valence-corrected chi connectivity index (χ3v) is 3.16. The van der Waals surface area contributed by atoms with Crippen LogP contribution in [0.5, 0.6) is 11.5 Å². The zero-order chi connectivity index (χ0) is 13.4. The van der Waals surface area contributed by atoms with Crippen molar-refractivity contribution in [3.63, 3.8) is 0 Å². The summed E-state index contributed by atoms with van der Waals surface area (Å²) in [6.45, 7) is 4.03. The number of methoxy groups -OCH3 is 2. The molecule has 4 nitrogen and oxygen atoms in total. The number of ether oxygens (including phenoxy) is 2. The van der Waals surface area contributed by atoms with Gasteiger partial charge in [0.15, 0.2) is 11.5 Å². The summed E-state index contributed by atoms with van der Waals surface area (Å²) in [7, 11) is 3.18. The molecule has 0 heterocycles. The Hall–Kier alpha value is -1.62. The monoisotopic (exact) mass is 267 g/mol. The van der Waals surface area contributed by atoms with E-state index in [0.717, 1.165) is 4.90 Å². The molecule has 0 fully saturated rings. The van der Waals surface area contributed by atoms with Crippen LogP contribution in [0.2, 0.25) is 0 Å². The summed E-state index contributed by atoms with van der Waals surface area (Å²) in [4.78, 5) is 12.4. The molecule has 1 amide bonds. The molecule has 1 rings (SSSR count). The van der Waals surface area contributed by atoms with E-state index >= 15 is 0 Å². The fourth-order valence-corrected chi connectivity index (χ4v) is 2.05. The van der Waals surface area contributed by atoms with Crippen molar-refractivity contribution in [2.75, 3.05) is 26.5 Å². The Labute approximate surface area is 111 Å². The van der Waals surface area contributed by atoms with Crippen LogP contribution in [0.25, 0.3) is 0 Å². The molecule has 0 aliphatic rings. The van der Waals surface area contributed by atoms with E-state index in [1.54, 1.807) is 20.3 Å². The highest BCUT2D eigenvalue weighted by Crippen LogP contribution is 2.31. The van der Waals surface area contributed by atoms with Crippen molar-refractivity contribution in [2.45, 2.75) is 4.90 Å². The van der Waals surface area contributed by atoms with E-state index in [-0.39, 0.29) is 5.91 Å². The number of carbonyl (C=O) groups excluding carboxylic acids is 1. The standard InChI is InChI=1S/C13H17NO3S/c1-4-7-14-13(15)9-18-10-5-6-11(16-2)12(8-10)17-3/h4-6,8H,1,7,9H2,2-3H3,(H,14,15). The first kappa shape index (κ1) is 14.4. The quantitative estimate of drug-likeness (QED) is 0.607. The Bertz CT molecular complexity index is 421. The SMILES string of the molecule is C=CCNC(=O)CSc1ccc(OC)c(OC)c1. The number of thioether (sulfide) groups is 1. The molecule has 0 aliphatic heterocycles. The fourth-order valence-electron chi connectivity index (χ4n) is 1.29. The second kappa shape index (κ2) is 7.66. The molecule has 1 N–H and O–H groups in total. The molecule has 0 radical (unpaired) electrons. The Balaban J connectivity index is 2.57. The molecular formula is C13H17NO3S. The van der Waals surface area contributed by atoms with Crippen molar-refractivity contribution in [3.05, 3.63) is 30.9 Å². The van der Waals surface area contributed by atoms with Gasteiger partial charge in [-0.2, -0.15) is 0 Å². The molecule has 0 saturated carbocycles. The zero-order valence-corrected chi connectivity index (χ0v) is 11.4. The highest BCUT2D eigenvalue weighted by molar-refractivity contribution is 8.00. The topological polar surface area (TPSA) is 47.6 Å². The van der Waals surface area contributed by atoms with E-state index in [1.807, 2.05) is 18.2 Å². The van der Waals surface area contributed by atoms with Gasteiger partial charge in [-0.05, 0) is 18.2 Å². The highest BCUT2D eigenvalue weighted by atomic mass is 32.2. The van der Waals surface area contributed by atoms with Crippen LogP contribution in [0, 0.1) is 0 Å². The van der Waals surface area contributed by atoms with E-state index < -0.39 is 0 Å². The Morgan fingerprint density at radius 3 is 2.72 bits per heavy atom. The molecule has 1 aromatic carbocycles. The largest absolute Gasteiger partial charge is 0.493 e. The Morgan fingerprint density at radius 2 is 2.11 bits per heavy atom. The fraction of sp³-hybridized carbons (Fsp3) is 0.308. The highest BCUT2D eigenvalue weighted by Gasteiger charge is 2.06. The average Bonchev–Trinajstić information content (AvgIpc) is 2.42. The second-order valence-corrected chi connectivity index (χ2v) is 4.45. The first-order valence-corrected chi connectivity index (χ1v) is 6.42. The van der Waals surface area contributed by atoms with Gasteiger partial charge in [-0.25, -0.2) is 0 Å². The molecule has 18 heavy (non-hydrogen) atoms. The van der Waals surface area contributed by atoms with Crippen LogP contribution in [-0.4, -0.2) is 32.4 Å². The average molecular weight is 267 g/mol. The minimum absolute atomic E-state index is 0.0188. The Morgan fingerprint density at radius 1 is 1.39 bits per heavy atom. The van der Waals surface area contributed by atoms with Gasteiger partial charge in [-0.15, -0.1) is 18.3 Å². The molecule has 98 valence electrons. The van der Waals surface area contributed by atoms with E-state index in [1.165, 1.54) is 11.8 Å². The predicted octanol–water partition coefficient (Wildman–Crippen LogP) is 2.10. The van der Waals surface area contributed by atoms with Crippen molar-refractivity contribution in [3.8, 4) is 11.5 Å². The number of amides is 1. The number of carbonyl (C=O) groups is 1. The van der Waals surface area contributed by atoms with Crippen LogP contribution >= 0.6 is 11.8 Å². The summed E-state index contributed by atoms with van der Waals surface area (Å²) in [5.74, 6) is 1.69. The third-order valence-electron chi connectivity index (χ3n) is 2.17. The number of hydrogen-bond donors (Lipinski definition) is 1. The maximum Gasteiger partial charge on any atom is 0.230 e. The summed E-state index contributed by atoms with van der Waals surface area (Å²) in [6.07, 6.45) is 1.65. The van der Waals surface area contributed by atoms with Gasteiger partial charge < -0.3 is 14.8 Å². The van der Waals surface area contributed by atoms with Crippen molar-refractivity contribution in [1.29, 1.82) is 0 Å². The molecule has 0 spiro atoms. The lowest BCUT2D eigenvalue weighted by Crippen LogP contribution is -2.24. The molecular weight excluding hydrogens is 250 g/mol. The van der Waals surface area contributed by atoms with E-state index in [9.17, 15) is 4.79 Å². The molecule has 0 aromatic heterocycles. The lowest BCUT2D eigenvalue weighted by Gasteiger charge is -2.09. The maximum atomic E-state index is 11.4. The smallest absolute Gasteiger partial charge is 0.230 e. The number of rotatable bonds is 7. The summed E-state index contributed by atoms with van der Waals surface area (Å²) in [6, 6.07) is 5.57. The first-order chi connectivity index (χ1) is 8.71. The summed E-state index contributed by atoms with van der Waals surface area (Å²) < 4.78 is 10.3. The van der Waals surface area contributed by atoms with Gasteiger partial charge in [-0.1, -0.05) is 6.08 Å². The van der Waals surface area contributed by atoms with Crippen LogP contribution < -0.4 is 14.8 Å². The third kappa shape index (κ3) is 4.33. The van der Waals surface area contributed by atoms with Crippen molar-refractivity contribution in [1.82, 2.24) is 5.32 Å². The zero-order valence-electron chi connectivity index (χ0n) is 10.6. The van der Waals surface area contributed by atoms with E-state index in [4.69, 9.17) is 9.47 Å². The van der Waals surface area contributed by atoms with E-state index in [0.29, 0.717) is 23.8 Å². The summed E-state index contributed by atoms with van der Waals surface area (Å²) in [5, 5.41) is 2.72. The van der Waals surface area contributed by atoms with Gasteiger partial charge in [0.2, 0.25) is 5.91 Å². The lowest BCUT2D eigenvalue weighted by atomic mass is 10.3. The molecule has 0 atom stereocenters. The molecule has 0 unspecified atom stereocenters. The molecule has 1 aromatic rings.